The maximum atomic E-state index is 12.4. The Morgan fingerprint density at radius 2 is 1.82 bits per heavy atom. The molecule has 3 rings (SSSR count). The Kier molecular flexibility index (Phi) is 6.74. The van der Waals surface area contributed by atoms with Crippen LogP contribution in [0.15, 0.2) is 29.2 Å². The maximum Gasteiger partial charge on any atom is 0.240 e. The van der Waals surface area contributed by atoms with E-state index in [1.54, 1.807) is 12.1 Å². The largest absolute Gasteiger partial charge is 0.356 e. The molecule has 2 heterocycles. The van der Waals surface area contributed by atoms with Crippen LogP contribution < -0.4 is 14.9 Å². The SMILES string of the molecule is Cc1cc(N2CCCCC2)nc(NCCNS(=O)(=O)c2ccc(C)c(Cl)c2)n1. The summed E-state index contributed by atoms with van der Waals surface area (Å²) >= 11 is 6.03. The molecule has 2 aromatic rings. The molecule has 2 N–H and O–H groups in total. The molecule has 0 amide bonds. The van der Waals surface area contributed by atoms with E-state index >= 15 is 0 Å². The molecule has 0 saturated carbocycles. The average molecular weight is 424 g/mol. The van der Waals surface area contributed by atoms with Gasteiger partial charge in [0.1, 0.15) is 5.82 Å². The Morgan fingerprint density at radius 3 is 2.54 bits per heavy atom. The zero-order chi connectivity index (χ0) is 20.1. The van der Waals surface area contributed by atoms with Gasteiger partial charge in [-0.15, -0.1) is 0 Å². The molecule has 152 valence electrons. The summed E-state index contributed by atoms with van der Waals surface area (Å²) in [6, 6.07) is 6.69. The van der Waals surface area contributed by atoms with Crippen molar-refractivity contribution in [1.29, 1.82) is 0 Å². The third-order valence-electron chi connectivity index (χ3n) is 4.67. The third-order valence-corrected chi connectivity index (χ3v) is 6.54. The van der Waals surface area contributed by atoms with Crippen LogP contribution in [0.4, 0.5) is 11.8 Å². The summed E-state index contributed by atoms with van der Waals surface area (Å²) in [5.74, 6) is 1.43. The molecule has 0 radical (unpaired) electrons. The third kappa shape index (κ3) is 5.33. The molecule has 7 nitrogen and oxygen atoms in total. The van der Waals surface area contributed by atoms with Crippen LogP contribution in [0.2, 0.25) is 5.02 Å². The second-order valence-corrected chi connectivity index (χ2v) is 9.15. The first-order chi connectivity index (χ1) is 13.3. The topological polar surface area (TPSA) is 87.2 Å². The summed E-state index contributed by atoms with van der Waals surface area (Å²) < 4.78 is 27.3. The fraction of sp³-hybridized carbons (Fsp3) is 0.474. The molecular weight excluding hydrogens is 398 g/mol. The van der Waals surface area contributed by atoms with Crippen LogP contribution in [0, 0.1) is 13.8 Å². The van der Waals surface area contributed by atoms with E-state index in [4.69, 9.17) is 11.6 Å². The Morgan fingerprint density at radius 1 is 1.07 bits per heavy atom. The van der Waals surface area contributed by atoms with Crippen LogP contribution in [0.1, 0.15) is 30.5 Å². The molecule has 1 aliphatic heterocycles. The van der Waals surface area contributed by atoms with Gasteiger partial charge in [0.2, 0.25) is 16.0 Å². The van der Waals surface area contributed by atoms with Crippen LogP contribution in [0.3, 0.4) is 0 Å². The van der Waals surface area contributed by atoms with E-state index in [-0.39, 0.29) is 11.4 Å². The molecule has 0 aliphatic carbocycles. The molecule has 1 aromatic heterocycles. The summed E-state index contributed by atoms with van der Waals surface area (Å²) in [5, 5.41) is 3.54. The monoisotopic (exact) mass is 423 g/mol. The zero-order valence-corrected chi connectivity index (χ0v) is 17.8. The lowest BCUT2D eigenvalue weighted by Crippen LogP contribution is -2.31. The standard InChI is InChI=1S/C19H26ClN5O2S/c1-14-6-7-16(13-17(14)20)28(26,27)22-9-8-21-19-23-15(2)12-18(24-19)25-10-4-3-5-11-25/h6-7,12-13,22H,3-5,8-11H2,1-2H3,(H,21,23,24). The lowest BCUT2D eigenvalue weighted by Gasteiger charge is -2.28. The van der Waals surface area contributed by atoms with E-state index < -0.39 is 10.0 Å². The van der Waals surface area contributed by atoms with Gasteiger partial charge >= 0.3 is 0 Å². The molecule has 0 unspecified atom stereocenters. The minimum Gasteiger partial charge on any atom is -0.356 e. The summed E-state index contributed by atoms with van der Waals surface area (Å²) in [6.07, 6.45) is 3.62. The van der Waals surface area contributed by atoms with Crippen molar-refractivity contribution in [2.45, 2.75) is 38.0 Å². The lowest BCUT2D eigenvalue weighted by atomic mass is 10.1. The first kappa shape index (κ1) is 20.8. The molecule has 9 heteroatoms. The van der Waals surface area contributed by atoms with Crippen molar-refractivity contribution in [1.82, 2.24) is 14.7 Å². The number of nitrogens with one attached hydrogen (secondary N) is 2. The first-order valence-electron chi connectivity index (χ1n) is 9.45. The van der Waals surface area contributed by atoms with E-state index in [9.17, 15) is 8.42 Å². The molecule has 1 aliphatic rings. The van der Waals surface area contributed by atoms with Gasteiger partial charge in [-0.3, -0.25) is 0 Å². The number of rotatable bonds is 7. The fourth-order valence-electron chi connectivity index (χ4n) is 3.10. The zero-order valence-electron chi connectivity index (χ0n) is 16.2. The van der Waals surface area contributed by atoms with Crippen molar-refractivity contribution < 1.29 is 8.42 Å². The van der Waals surface area contributed by atoms with E-state index in [1.165, 1.54) is 25.3 Å². The number of anilines is 2. The molecule has 1 aromatic carbocycles. The second-order valence-electron chi connectivity index (χ2n) is 6.97. The van der Waals surface area contributed by atoms with E-state index in [1.807, 2.05) is 19.9 Å². The van der Waals surface area contributed by atoms with Gasteiger partial charge in [-0.05, 0) is 50.8 Å². The number of aryl methyl sites for hydroxylation is 2. The second kappa shape index (κ2) is 9.07. The molecule has 0 spiro atoms. The van der Waals surface area contributed by atoms with Gasteiger partial charge in [-0.2, -0.15) is 4.98 Å². The van der Waals surface area contributed by atoms with Crippen LogP contribution in [-0.2, 0) is 10.0 Å². The average Bonchev–Trinajstić information content (AvgIpc) is 2.67. The Balaban J connectivity index is 1.57. The predicted molar refractivity (Wildman–Crippen MR) is 113 cm³/mol. The minimum absolute atomic E-state index is 0.155. The Labute approximate surface area is 171 Å². The van der Waals surface area contributed by atoms with Gasteiger partial charge < -0.3 is 10.2 Å². The molecule has 0 atom stereocenters. The number of benzene rings is 1. The number of sulfonamides is 1. The van der Waals surface area contributed by atoms with Crippen molar-refractivity contribution in [3.63, 3.8) is 0 Å². The quantitative estimate of drug-likeness (QED) is 0.665. The van der Waals surface area contributed by atoms with Crippen molar-refractivity contribution in [2.75, 3.05) is 36.4 Å². The Hall–Kier alpha value is -1.90. The molecule has 1 fully saturated rings. The molecule has 1 saturated heterocycles. The lowest BCUT2D eigenvalue weighted by molar-refractivity contribution is 0.573. The van der Waals surface area contributed by atoms with Crippen LogP contribution in [-0.4, -0.2) is 44.6 Å². The van der Waals surface area contributed by atoms with Gasteiger partial charge in [0.05, 0.1) is 4.90 Å². The highest BCUT2D eigenvalue weighted by Gasteiger charge is 2.16. The number of nitrogens with zero attached hydrogens (tertiary/aromatic N) is 3. The summed E-state index contributed by atoms with van der Waals surface area (Å²) in [4.78, 5) is 11.4. The number of piperidine rings is 1. The number of hydrogen-bond acceptors (Lipinski definition) is 6. The van der Waals surface area contributed by atoms with Crippen molar-refractivity contribution in [2.24, 2.45) is 0 Å². The summed E-state index contributed by atoms with van der Waals surface area (Å²) in [6.45, 7) is 6.37. The van der Waals surface area contributed by atoms with Gasteiger partial charge in [0, 0.05) is 43.0 Å². The summed E-state index contributed by atoms with van der Waals surface area (Å²) in [7, 11) is -3.61. The molecule has 0 bridgehead atoms. The highest BCUT2D eigenvalue weighted by atomic mass is 35.5. The normalized spacial score (nSPS) is 14.9. The van der Waals surface area contributed by atoms with E-state index in [0.29, 0.717) is 17.5 Å². The van der Waals surface area contributed by atoms with Crippen LogP contribution >= 0.6 is 11.6 Å². The van der Waals surface area contributed by atoms with Crippen LogP contribution in [0.5, 0.6) is 0 Å². The van der Waals surface area contributed by atoms with Gasteiger partial charge in [-0.1, -0.05) is 17.7 Å². The Bertz CT molecular complexity index is 930. The fourth-order valence-corrected chi connectivity index (χ4v) is 4.40. The maximum absolute atomic E-state index is 12.4. The smallest absolute Gasteiger partial charge is 0.240 e. The first-order valence-corrected chi connectivity index (χ1v) is 11.3. The molecular formula is C19H26ClN5O2S. The molecule has 28 heavy (non-hydrogen) atoms. The highest BCUT2D eigenvalue weighted by molar-refractivity contribution is 7.89. The number of halogens is 1. The van der Waals surface area contributed by atoms with E-state index in [2.05, 4.69) is 24.9 Å². The van der Waals surface area contributed by atoms with Crippen LogP contribution in [0.25, 0.3) is 0 Å². The summed E-state index contributed by atoms with van der Waals surface area (Å²) in [5.41, 5.74) is 1.72. The van der Waals surface area contributed by atoms with Gasteiger partial charge in [0.15, 0.2) is 0 Å². The highest BCUT2D eigenvalue weighted by Crippen LogP contribution is 2.20. The minimum atomic E-state index is -3.61. The number of aromatic nitrogens is 2. The van der Waals surface area contributed by atoms with E-state index in [0.717, 1.165) is 30.2 Å². The van der Waals surface area contributed by atoms with Gasteiger partial charge in [0.25, 0.3) is 0 Å². The van der Waals surface area contributed by atoms with Crippen molar-refractivity contribution in [3.05, 3.63) is 40.5 Å². The van der Waals surface area contributed by atoms with Gasteiger partial charge in [-0.25, -0.2) is 18.1 Å². The number of hydrogen-bond donors (Lipinski definition) is 2. The predicted octanol–water partition coefficient (Wildman–Crippen LogP) is 3.13. The van der Waals surface area contributed by atoms with Crippen molar-refractivity contribution >= 4 is 33.4 Å². The van der Waals surface area contributed by atoms with Crippen molar-refractivity contribution in [3.8, 4) is 0 Å².